The first-order valence-corrected chi connectivity index (χ1v) is 6.43. The Morgan fingerprint density at radius 1 is 1.61 bits per heavy atom. The third-order valence-electron chi connectivity index (χ3n) is 2.59. The van der Waals surface area contributed by atoms with Gasteiger partial charge in [-0.1, -0.05) is 6.58 Å². The predicted octanol–water partition coefficient (Wildman–Crippen LogP) is 2.62. The molecule has 1 aromatic rings. The number of hydrogen-bond donors (Lipinski definition) is 1. The van der Waals surface area contributed by atoms with Gasteiger partial charge in [-0.05, 0) is 36.7 Å². The van der Waals surface area contributed by atoms with E-state index in [1.54, 1.807) is 6.20 Å². The molecule has 0 saturated carbocycles. The molecule has 0 spiro atoms. The zero-order valence-electron chi connectivity index (χ0n) is 10.7. The van der Waals surface area contributed by atoms with Gasteiger partial charge in [0.2, 0.25) is 5.95 Å². The van der Waals surface area contributed by atoms with Crippen molar-refractivity contribution in [2.24, 2.45) is 0 Å². The molecular weight excluding hydrogens is 298 g/mol. The maximum absolute atomic E-state index is 5.69. The summed E-state index contributed by atoms with van der Waals surface area (Å²) in [5.41, 5.74) is 1.56. The van der Waals surface area contributed by atoms with Crippen LogP contribution in [0.4, 0.5) is 5.95 Å². The van der Waals surface area contributed by atoms with E-state index in [-0.39, 0.29) is 6.10 Å². The maximum Gasteiger partial charge on any atom is 0.227 e. The number of anilines is 1. The monoisotopic (exact) mass is 313 g/mol. The van der Waals surface area contributed by atoms with Crippen molar-refractivity contribution in [2.75, 3.05) is 11.9 Å². The lowest BCUT2D eigenvalue weighted by Gasteiger charge is -2.18. The molecule has 6 heteroatoms. The van der Waals surface area contributed by atoms with Crippen LogP contribution in [-0.2, 0) is 9.47 Å². The third-order valence-corrected chi connectivity index (χ3v) is 3.37. The van der Waals surface area contributed by atoms with Crippen LogP contribution < -0.4 is 5.32 Å². The summed E-state index contributed by atoms with van der Waals surface area (Å²) in [4.78, 5) is 8.45. The highest BCUT2D eigenvalue weighted by molar-refractivity contribution is 9.10. The van der Waals surface area contributed by atoms with E-state index in [0.717, 1.165) is 10.2 Å². The van der Waals surface area contributed by atoms with E-state index in [1.165, 1.54) is 0 Å². The summed E-state index contributed by atoms with van der Waals surface area (Å²) in [6, 6.07) is 0. The Balaban J connectivity index is 2.01. The van der Waals surface area contributed by atoms with Crippen LogP contribution in [0, 0.1) is 6.92 Å². The first-order valence-electron chi connectivity index (χ1n) is 5.64. The minimum Gasteiger partial charge on any atom is -0.347 e. The molecular formula is C12H16BrN3O2. The van der Waals surface area contributed by atoms with Crippen LogP contribution in [0.3, 0.4) is 0 Å². The van der Waals surface area contributed by atoms with E-state index in [1.807, 2.05) is 20.8 Å². The van der Waals surface area contributed by atoms with Gasteiger partial charge in [0.05, 0.1) is 16.8 Å². The zero-order valence-corrected chi connectivity index (χ0v) is 12.2. The minimum atomic E-state index is -0.564. The highest BCUT2D eigenvalue weighted by Gasteiger charge is 2.34. The lowest BCUT2D eigenvalue weighted by molar-refractivity contribution is -0.134. The third kappa shape index (κ3) is 3.07. The molecule has 1 aliphatic rings. The minimum absolute atomic E-state index is 0.187. The van der Waals surface area contributed by atoms with Crippen LogP contribution in [-0.4, -0.2) is 28.5 Å². The van der Waals surface area contributed by atoms with Crippen molar-refractivity contribution in [2.45, 2.75) is 32.7 Å². The Morgan fingerprint density at radius 2 is 2.33 bits per heavy atom. The maximum atomic E-state index is 5.69. The summed E-state index contributed by atoms with van der Waals surface area (Å²) in [5, 5.41) is 3.05. The van der Waals surface area contributed by atoms with Crippen LogP contribution >= 0.6 is 15.9 Å². The van der Waals surface area contributed by atoms with Crippen LogP contribution in [0.5, 0.6) is 0 Å². The average molecular weight is 314 g/mol. The smallest absolute Gasteiger partial charge is 0.227 e. The van der Waals surface area contributed by atoms with E-state index in [4.69, 9.17) is 9.47 Å². The topological polar surface area (TPSA) is 56.3 Å². The Bertz CT molecular complexity index is 476. The number of ether oxygens (including phenoxy) is 2. The Morgan fingerprint density at radius 3 is 2.89 bits per heavy atom. The average Bonchev–Trinajstić information content (AvgIpc) is 2.64. The van der Waals surface area contributed by atoms with Gasteiger partial charge in [-0.3, -0.25) is 0 Å². The molecule has 0 aromatic carbocycles. The van der Waals surface area contributed by atoms with Crippen molar-refractivity contribution in [1.29, 1.82) is 0 Å². The molecule has 1 aliphatic heterocycles. The molecule has 1 atom stereocenters. The van der Waals surface area contributed by atoms with E-state index >= 15 is 0 Å². The quantitative estimate of drug-likeness (QED) is 0.929. The normalized spacial score (nSPS) is 21.9. The summed E-state index contributed by atoms with van der Waals surface area (Å²) in [6.07, 6.45) is 1.51. The van der Waals surface area contributed by atoms with Gasteiger partial charge < -0.3 is 14.8 Å². The largest absolute Gasteiger partial charge is 0.347 e. The van der Waals surface area contributed by atoms with Gasteiger partial charge in [-0.15, -0.1) is 0 Å². The van der Waals surface area contributed by atoms with Crippen LogP contribution in [0.15, 0.2) is 22.9 Å². The summed E-state index contributed by atoms with van der Waals surface area (Å²) in [7, 11) is 0. The second-order valence-electron chi connectivity index (χ2n) is 4.59. The fourth-order valence-corrected chi connectivity index (χ4v) is 1.79. The standard InChI is InChI=1S/C12H16BrN3O2/c1-7-9(13)5-14-11(15-7)16-8(2)10-6-17-12(3,4)18-10/h5,10H,2,6H2,1,3-4H3,(H,14,15,16)/t10-/m0/s1. The molecule has 2 heterocycles. The van der Waals surface area contributed by atoms with Crippen LogP contribution in [0.1, 0.15) is 19.5 Å². The van der Waals surface area contributed by atoms with E-state index < -0.39 is 5.79 Å². The number of halogens is 1. The Hall–Kier alpha value is -0.980. The molecule has 98 valence electrons. The molecule has 0 amide bonds. The van der Waals surface area contributed by atoms with Gasteiger partial charge in [0.25, 0.3) is 0 Å². The van der Waals surface area contributed by atoms with Gasteiger partial charge >= 0.3 is 0 Å². The van der Waals surface area contributed by atoms with Gasteiger partial charge in [0, 0.05) is 11.9 Å². The summed E-state index contributed by atoms with van der Waals surface area (Å²) < 4.78 is 12.0. The SMILES string of the molecule is C=C(Nc1ncc(Br)c(C)n1)[C@@H]1COC(C)(C)O1. The second kappa shape index (κ2) is 4.95. The fraction of sp³-hybridized carbons (Fsp3) is 0.500. The van der Waals surface area contributed by atoms with Gasteiger partial charge in [-0.25, -0.2) is 9.97 Å². The lowest BCUT2D eigenvalue weighted by atomic mass is 10.3. The number of nitrogens with zero attached hydrogens (tertiary/aromatic N) is 2. The number of hydrogen-bond acceptors (Lipinski definition) is 5. The molecule has 0 radical (unpaired) electrons. The van der Waals surface area contributed by atoms with Crippen LogP contribution in [0.25, 0.3) is 0 Å². The molecule has 0 bridgehead atoms. The molecule has 0 unspecified atom stereocenters. The van der Waals surface area contributed by atoms with Crippen molar-refractivity contribution < 1.29 is 9.47 Å². The highest BCUT2D eigenvalue weighted by Crippen LogP contribution is 2.26. The number of aromatic nitrogens is 2. The van der Waals surface area contributed by atoms with E-state index in [9.17, 15) is 0 Å². The fourth-order valence-electron chi connectivity index (χ4n) is 1.60. The molecule has 5 nitrogen and oxygen atoms in total. The first kappa shape index (κ1) is 13.5. The highest BCUT2D eigenvalue weighted by atomic mass is 79.9. The van der Waals surface area contributed by atoms with Crippen molar-refractivity contribution in [3.05, 3.63) is 28.6 Å². The Labute approximate surface area is 115 Å². The lowest BCUT2D eigenvalue weighted by Crippen LogP contribution is -2.24. The molecule has 0 aliphatic carbocycles. The van der Waals surface area contributed by atoms with Crippen LogP contribution in [0.2, 0.25) is 0 Å². The Kier molecular flexibility index (Phi) is 3.70. The number of aryl methyl sites for hydroxylation is 1. The van der Waals surface area contributed by atoms with Gasteiger partial charge in [0.15, 0.2) is 5.79 Å². The molecule has 1 saturated heterocycles. The summed E-state index contributed by atoms with van der Waals surface area (Å²) >= 11 is 3.36. The zero-order chi connectivity index (χ0) is 13.3. The predicted molar refractivity (Wildman–Crippen MR) is 72.1 cm³/mol. The van der Waals surface area contributed by atoms with Crippen molar-refractivity contribution in [3.63, 3.8) is 0 Å². The second-order valence-corrected chi connectivity index (χ2v) is 5.45. The molecule has 1 fully saturated rings. The molecule has 18 heavy (non-hydrogen) atoms. The summed E-state index contributed by atoms with van der Waals surface area (Å²) in [6.45, 7) is 10.1. The molecule has 2 rings (SSSR count). The van der Waals surface area contributed by atoms with Crippen molar-refractivity contribution >= 4 is 21.9 Å². The molecule has 1 N–H and O–H groups in total. The van der Waals surface area contributed by atoms with E-state index in [0.29, 0.717) is 18.3 Å². The number of nitrogens with one attached hydrogen (secondary N) is 1. The van der Waals surface area contributed by atoms with Gasteiger partial charge in [-0.2, -0.15) is 0 Å². The van der Waals surface area contributed by atoms with Crippen molar-refractivity contribution in [3.8, 4) is 0 Å². The van der Waals surface area contributed by atoms with Crippen molar-refractivity contribution in [1.82, 2.24) is 9.97 Å². The van der Waals surface area contributed by atoms with E-state index in [2.05, 4.69) is 37.8 Å². The number of rotatable bonds is 3. The molecule has 1 aromatic heterocycles. The summed E-state index contributed by atoms with van der Waals surface area (Å²) in [5.74, 6) is -0.0554. The van der Waals surface area contributed by atoms with Gasteiger partial charge in [0.1, 0.15) is 6.10 Å². The first-order chi connectivity index (χ1) is 8.37.